The number of nitrogens with one attached hydrogen (secondary N) is 1. The van der Waals surface area contributed by atoms with Gasteiger partial charge in [0, 0.05) is 26.1 Å². The van der Waals surface area contributed by atoms with E-state index in [1.807, 2.05) is 18.7 Å². The molecule has 0 aromatic heterocycles. The van der Waals surface area contributed by atoms with Crippen LogP contribution < -0.4 is 5.32 Å². The van der Waals surface area contributed by atoms with Crippen LogP contribution in [-0.2, 0) is 16.0 Å². The van der Waals surface area contributed by atoms with E-state index in [1.165, 1.54) is 11.1 Å². The summed E-state index contributed by atoms with van der Waals surface area (Å²) in [6, 6.07) is 9.00. The Morgan fingerprint density at radius 3 is 2.28 bits per heavy atom. The van der Waals surface area contributed by atoms with Gasteiger partial charge in [-0.25, -0.2) is 0 Å². The molecular formula is C21H30N2O2. The van der Waals surface area contributed by atoms with Crippen LogP contribution in [0.15, 0.2) is 24.3 Å². The number of piperidine rings is 1. The largest absolute Gasteiger partial charge is 0.355 e. The highest BCUT2D eigenvalue weighted by Gasteiger charge is 2.57. The number of benzene rings is 1. The van der Waals surface area contributed by atoms with Crippen molar-refractivity contribution in [3.63, 3.8) is 0 Å². The van der Waals surface area contributed by atoms with Crippen molar-refractivity contribution < 1.29 is 9.59 Å². The quantitative estimate of drug-likeness (QED) is 0.828. The topological polar surface area (TPSA) is 49.4 Å². The Morgan fingerprint density at radius 1 is 1.12 bits per heavy atom. The van der Waals surface area contributed by atoms with Crippen molar-refractivity contribution in [1.29, 1.82) is 0 Å². The zero-order chi connectivity index (χ0) is 18.0. The lowest BCUT2D eigenvalue weighted by molar-refractivity contribution is -0.135. The van der Waals surface area contributed by atoms with E-state index in [0.717, 1.165) is 25.9 Å². The fourth-order valence-electron chi connectivity index (χ4n) is 4.20. The molecule has 1 aromatic carbocycles. The summed E-state index contributed by atoms with van der Waals surface area (Å²) < 4.78 is 0. The van der Waals surface area contributed by atoms with Crippen LogP contribution in [0.25, 0.3) is 0 Å². The Morgan fingerprint density at radius 2 is 1.76 bits per heavy atom. The minimum absolute atomic E-state index is 0.0195. The highest BCUT2D eigenvalue weighted by molar-refractivity contribution is 5.81. The molecule has 4 heteroatoms. The van der Waals surface area contributed by atoms with E-state index in [2.05, 4.69) is 36.5 Å². The number of hydrogen-bond donors (Lipinski definition) is 1. The normalized spacial score (nSPS) is 25.4. The molecule has 4 nitrogen and oxygen atoms in total. The number of likely N-dealkylation sites (tertiary alicyclic amines) is 1. The molecule has 2 amide bonds. The van der Waals surface area contributed by atoms with Gasteiger partial charge in [0.05, 0.1) is 5.92 Å². The standard InChI is InChI=1S/C21H30N2O2/c1-4-14-7-9-16(10-8-14)20-17-12-23(13-18(17)20)21(25)15(5-2)11-22-19(24)6-3/h7-10,15,17-18,20H,4-6,11-13H2,1-3H3,(H,22,24). The van der Waals surface area contributed by atoms with E-state index in [9.17, 15) is 9.59 Å². The molecule has 0 radical (unpaired) electrons. The molecule has 3 unspecified atom stereocenters. The summed E-state index contributed by atoms with van der Waals surface area (Å²) in [5, 5.41) is 2.87. The molecule has 1 aliphatic carbocycles. The summed E-state index contributed by atoms with van der Waals surface area (Å²) in [7, 11) is 0. The Hall–Kier alpha value is -1.84. The first-order valence-corrected chi connectivity index (χ1v) is 9.73. The van der Waals surface area contributed by atoms with Gasteiger partial charge in [-0.1, -0.05) is 45.0 Å². The number of hydrogen-bond acceptors (Lipinski definition) is 2. The molecule has 3 atom stereocenters. The van der Waals surface area contributed by atoms with Crippen LogP contribution >= 0.6 is 0 Å². The smallest absolute Gasteiger partial charge is 0.227 e. The molecule has 2 fully saturated rings. The SMILES string of the molecule is CCC(=O)NCC(CC)C(=O)N1CC2C(C1)C2c1ccc(CC)cc1. The van der Waals surface area contributed by atoms with Gasteiger partial charge in [0.25, 0.3) is 0 Å². The van der Waals surface area contributed by atoms with Crippen molar-refractivity contribution in [3.8, 4) is 0 Å². The average Bonchev–Trinajstić information content (AvgIpc) is 3.14. The monoisotopic (exact) mass is 342 g/mol. The number of fused-ring (bicyclic) bond motifs is 1. The molecule has 1 saturated carbocycles. The van der Waals surface area contributed by atoms with Crippen molar-refractivity contribution in [3.05, 3.63) is 35.4 Å². The van der Waals surface area contributed by atoms with Gasteiger partial charge < -0.3 is 10.2 Å². The van der Waals surface area contributed by atoms with Gasteiger partial charge in [-0.2, -0.15) is 0 Å². The van der Waals surface area contributed by atoms with E-state index >= 15 is 0 Å². The first-order valence-electron chi connectivity index (χ1n) is 9.73. The van der Waals surface area contributed by atoms with Gasteiger partial charge in [-0.15, -0.1) is 0 Å². The Balaban J connectivity index is 1.52. The molecule has 1 aromatic rings. The van der Waals surface area contributed by atoms with Gasteiger partial charge in [0.1, 0.15) is 0 Å². The van der Waals surface area contributed by atoms with Crippen molar-refractivity contribution >= 4 is 11.8 Å². The van der Waals surface area contributed by atoms with Crippen molar-refractivity contribution in [2.75, 3.05) is 19.6 Å². The average molecular weight is 342 g/mol. The van der Waals surface area contributed by atoms with Gasteiger partial charge >= 0.3 is 0 Å². The van der Waals surface area contributed by atoms with E-state index in [0.29, 0.717) is 30.7 Å². The Bertz CT molecular complexity index is 613. The van der Waals surface area contributed by atoms with Crippen LogP contribution in [0.5, 0.6) is 0 Å². The second-order valence-electron chi connectivity index (χ2n) is 7.45. The molecule has 1 aliphatic heterocycles. The molecule has 1 heterocycles. The Kier molecular flexibility index (Phi) is 5.45. The highest BCUT2D eigenvalue weighted by Crippen LogP contribution is 2.58. The maximum atomic E-state index is 12.7. The molecule has 136 valence electrons. The predicted molar refractivity (Wildman–Crippen MR) is 99.2 cm³/mol. The summed E-state index contributed by atoms with van der Waals surface area (Å²) in [6.45, 7) is 8.26. The molecule has 0 spiro atoms. The third-order valence-electron chi connectivity index (χ3n) is 5.99. The van der Waals surface area contributed by atoms with Crippen LogP contribution in [0.1, 0.15) is 50.7 Å². The minimum atomic E-state index is -0.0877. The third kappa shape index (κ3) is 3.73. The van der Waals surface area contributed by atoms with E-state index in [4.69, 9.17) is 0 Å². The molecule has 2 aliphatic rings. The minimum Gasteiger partial charge on any atom is -0.355 e. The number of amides is 2. The molecule has 3 rings (SSSR count). The van der Waals surface area contributed by atoms with E-state index < -0.39 is 0 Å². The highest BCUT2D eigenvalue weighted by atomic mass is 16.2. The summed E-state index contributed by atoms with van der Waals surface area (Å²) in [6.07, 6.45) is 2.32. The van der Waals surface area contributed by atoms with Crippen LogP contribution in [-0.4, -0.2) is 36.3 Å². The fourth-order valence-corrected chi connectivity index (χ4v) is 4.20. The fraction of sp³-hybridized carbons (Fsp3) is 0.619. The zero-order valence-corrected chi connectivity index (χ0v) is 15.6. The van der Waals surface area contributed by atoms with Gasteiger partial charge in [-0.05, 0) is 41.7 Å². The first-order chi connectivity index (χ1) is 12.1. The van der Waals surface area contributed by atoms with Crippen LogP contribution in [0.4, 0.5) is 0 Å². The maximum Gasteiger partial charge on any atom is 0.227 e. The van der Waals surface area contributed by atoms with Crippen LogP contribution in [0.2, 0.25) is 0 Å². The van der Waals surface area contributed by atoms with Crippen LogP contribution in [0, 0.1) is 17.8 Å². The number of carbonyl (C=O) groups excluding carboxylic acids is 2. The summed E-state index contributed by atoms with van der Waals surface area (Å²) in [5.41, 5.74) is 2.81. The summed E-state index contributed by atoms with van der Waals surface area (Å²) >= 11 is 0. The second-order valence-corrected chi connectivity index (χ2v) is 7.45. The Labute approximate surface area is 151 Å². The number of nitrogens with zero attached hydrogens (tertiary/aromatic N) is 1. The lowest BCUT2D eigenvalue weighted by Crippen LogP contribution is -2.41. The third-order valence-corrected chi connectivity index (χ3v) is 5.99. The molecular weight excluding hydrogens is 312 g/mol. The number of carbonyl (C=O) groups is 2. The van der Waals surface area contributed by atoms with Gasteiger partial charge in [0.2, 0.25) is 11.8 Å². The number of rotatable bonds is 7. The molecule has 1 saturated heterocycles. The number of aryl methyl sites for hydroxylation is 1. The van der Waals surface area contributed by atoms with Crippen molar-refractivity contribution in [2.24, 2.45) is 17.8 Å². The van der Waals surface area contributed by atoms with Crippen molar-refractivity contribution in [1.82, 2.24) is 10.2 Å². The van der Waals surface area contributed by atoms with E-state index in [-0.39, 0.29) is 17.7 Å². The summed E-state index contributed by atoms with van der Waals surface area (Å²) in [5.74, 6) is 2.03. The predicted octanol–water partition coefficient (Wildman–Crippen LogP) is 2.97. The van der Waals surface area contributed by atoms with Gasteiger partial charge in [-0.3, -0.25) is 9.59 Å². The van der Waals surface area contributed by atoms with Gasteiger partial charge in [0.15, 0.2) is 0 Å². The molecule has 1 N–H and O–H groups in total. The summed E-state index contributed by atoms with van der Waals surface area (Å²) in [4.78, 5) is 26.2. The first kappa shape index (κ1) is 18.0. The van der Waals surface area contributed by atoms with Crippen LogP contribution in [0.3, 0.4) is 0 Å². The second kappa shape index (κ2) is 7.59. The maximum absolute atomic E-state index is 12.7. The lowest BCUT2D eigenvalue weighted by Gasteiger charge is -2.25. The lowest BCUT2D eigenvalue weighted by atomic mass is 10.0. The van der Waals surface area contributed by atoms with E-state index in [1.54, 1.807) is 0 Å². The zero-order valence-electron chi connectivity index (χ0n) is 15.6. The van der Waals surface area contributed by atoms with Crippen molar-refractivity contribution in [2.45, 2.75) is 46.0 Å². The molecule has 25 heavy (non-hydrogen) atoms. The molecule has 0 bridgehead atoms.